The fourth-order valence-corrected chi connectivity index (χ4v) is 2.99. The van der Waals surface area contributed by atoms with Crippen molar-refractivity contribution >= 4 is 21.5 Å². The van der Waals surface area contributed by atoms with E-state index in [1.807, 2.05) is 6.92 Å². The second-order valence-corrected chi connectivity index (χ2v) is 5.87. The van der Waals surface area contributed by atoms with Crippen LogP contribution < -0.4 is 14.8 Å². The van der Waals surface area contributed by atoms with Crippen molar-refractivity contribution in [3.63, 3.8) is 0 Å². The fraction of sp³-hybridized carbons (Fsp3) is 0.214. The summed E-state index contributed by atoms with van der Waals surface area (Å²) >= 11 is 0. The monoisotopic (exact) mass is 307 g/mol. The van der Waals surface area contributed by atoms with Gasteiger partial charge in [0, 0.05) is 18.8 Å². The van der Waals surface area contributed by atoms with Gasteiger partial charge in [-0.3, -0.25) is 4.72 Å². The number of benzene rings is 1. The Morgan fingerprint density at radius 1 is 1.24 bits per heavy atom. The van der Waals surface area contributed by atoms with Gasteiger partial charge in [-0.2, -0.15) is 0 Å². The first-order valence-corrected chi connectivity index (χ1v) is 7.91. The molecular formula is C14H17N3O3S. The standard InChI is InChI=1S/C14H17N3O3S/c1-3-15-14-13(8-5-9-16-14)21(18,19)17-11-6-4-7-12(10-11)20-2/h4-10,17H,3H2,1-2H3,(H,15,16). The number of nitrogens with one attached hydrogen (secondary N) is 2. The highest BCUT2D eigenvalue weighted by molar-refractivity contribution is 7.92. The lowest BCUT2D eigenvalue weighted by Gasteiger charge is -2.12. The molecule has 7 heteroatoms. The predicted molar refractivity (Wildman–Crippen MR) is 82.2 cm³/mol. The van der Waals surface area contributed by atoms with Crippen LogP contribution in [0, 0.1) is 0 Å². The summed E-state index contributed by atoms with van der Waals surface area (Å²) < 4.78 is 32.5. The normalized spacial score (nSPS) is 11.0. The molecule has 0 radical (unpaired) electrons. The van der Waals surface area contributed by atoms with Crippen LogP contribution in [-0.2, 0) is 10.0 Å². The lowest BCUT2D eigenvalue weighted by molar-refractivity contribution is 0.415. The molecule has 0 atom stereocenters. The van der Waals surface area contributed by atoms with Gasteiger partial charge in [0.1, 0.15) is 16.5 Å². The Hall–Kier alpha value is -2.28. The van der Waals surface area contributed by atoms with E-state index in [2.05, 4.69) is 15.0 Å². The average Bonchev–Trinajstić information content (AvgIpc) is 2.48. The maximum atomic E-state index is 12.5. The van der Waals surface area contributed by atoms with Crippen molar-refractivity contribution in [1.29, 1.82) is 0 Å². The molecule has 0 unspecified atom stereocenters. The third-order valence-electron chi connectivity index (χ3n) is 2.73. The molecule has 0 aliphatic rings. The van der Waals surface area contributed by atoms with Crippen molar-refractivity contribution in [2.24, 2.45) is 0 Å². The molecule has 0 aliphatic carbocycles. The van der Waals surface area contributed by atoms with Crippen molar-refractivity contribution in [2.75, 3.05) is 23.7 Å². The van der Waals surface area contributed by atoms with Crippen LogP contribution in [0.1, 0.15) is 6.92 Å². The lowest BCUT2D eigenvalue weighted by Crippen LogP contribution is -2.16. The maximum absolute atomic E-state index is 12.5. The zero-order valence-electron chi connectivity index (χ0n) is 11.8. The Labute approximate surface area is 124 Å². The number of methoxy groups -OCH3 is 1. The van der Waals surface area contributed by atoms with E-state index >= 15 is 0 Å². The molecule has 0 bridgehead atoms. The van der Waals surface area contributed by atoms with Gasteiger partial charge < -0.3 is 10.1 Å². The SMILES string of the molecule is CCNc1ncccc1S(=O)(=O)Nc1cccc(OC)c1. The van der Waals surface area contributed by atoms with Gasteiger partial charge in [0.15, 0.2) is 0 Å². The average molecular weight is 307 g/mol. The number of pyridine rings is 1. The molecule has 1 aromatic heterocycles. The molecular weight excluding hydrogens is 290 g/mol. The number of sulfonamides is 1. The summed E-state index contributed by atoms with van der Waals surface area (Å²) in [4.78, 5) is 4.16. The highest BCUT2D eigenvalue weighted by Crippen LogP contribution is 2.23. The third-order valence-corrected chi connectivity index (χ3v) is 4.14. The fourth-order valence-electron chi connectivity index (χ4n) is 1.80. The van der Waals surface area contributed by atoms with Gasteiger partial charge in [-0.25, -0.2) is 13.4 Å². The summed E-state index contributed by atoms with van der Waals surface area (Å²) in [6.45, 7) is 2.46. The van der Waals surface area contributed by atoms with E-state index in [-0.39, 0.29) is 4.90 Å². The minimum Gasteiger partial charge on any atom is -0.497 e. The number of aromatic nitrogens is 1. The Morgan fingerprint density at radius 2 is 2.05 bits per heavy atom. The Kier molecular flexibility index (Phi) is 4.64. The van der Waals surface area contributed by atoms with Crippen LogP contribution >= 0.6 is 0 Å². The van der Waals surface area contributed by atoms with E-state index in [4.69, 9.17) is 4.74 Å². The molecule has 2 aromatic rings. The highest BCUT2D eigenvalue weighted by atomic mass is 32.2. The quantitative estimate of drug-likeness (QED) is 0.856. The van der Waals surface area contributed by atoms with Crippen molar-refractivity contribution in [1.82, 2.24) is 4.98 Å². The van der Waals surface area contributed by atoms with Crippen molar-refractivity contribution < 1.29 is 13.2 Å². The number of hydrogen-bond donors (Lipinski definition) is 2. The van der Waals surface area contributed by atoms with Crippen molar-refractivity contribution in [2.45, 2.75) is 11.8 Å². The summed E-state index contributed by atoms with van der Waals surface area (Å²) in [5, 5.41) is 2.94. The Morgan fingerprint density at radius 3 is 2.76 bits per heavy atom. The Balaban J connectivity index is 2.34. The topological polar surface area (TPSA) is 80.3 Å². The molecule has 2 N–H and O–H groups in total. The molecule has 1 aromatic carbocycles. The van der Waals surface area contributed by atoms with Crippen LogP contribution in [0.15, 0.2) is 47.5 Å². The molecule has 2 rings (SSSR count). The van der Waals surface area contributed by atoms with Crippen LogP contribution in [0.25, 0.3) is 0 Å². The molecule has 0 saturated heterocycles. The molecule has 21 heavy (non-hydrogen) atoms. The van der Waals surface area contributed by atoms with Gasteiger partial charge in [0.05, 0.1) is 12.8 Å². The highest BCUT2D eigenvalue weighted by Gasteiger charge is 2.19. The minimum absolute atomic E-state index is 0.106. The first kappa shape index (κ1) is 15.1. The van der Waals surface area contributed by atoms with E-state index in [1.54, 1.807) is 36.5 Å². The van der Waals surface area contributed by atoms with E-state index < -0.39 is 10.0 Å². The first-order valence-electron chi connectivity index (χ1n) is 6.42. The minimum atomic E-state index is -3.72. The van der Waals surface area contributed by atoms with Crippen LogP contribution in [0.3, 0.4) is 0 Å². The zero-order chi connectivity index (χ0) is 15.3. The molecule has 0 saturated carbocycles. The third kappa shape index (κ3) is 3.63. The van der Waals surface area contributed by atoms with Gasteiger partial charge in [0.25, 0.3) is 10.0 Å². The molecule has 0 fully saturated rings. The molecule has 1 heterocycles. The molecule has 112 valence electrons. The summed E-state index contributed by atoms with van der Waals surface area (Å²) in [7, 11) is -2.20. The van der Waals surface area contributed by atoms with Crippen molar-refractivity contribution in [3.8, 4) is 5.75 Å². The van der Waals surface area contributed by atoms with Crippen LogP contribution in [0.2, 0.25) is 0 Å². The van der Waals surface area contributed by atoms with E-state index in [0.717, 1.165) is 0 Å². The first-order chi connectivity index (χ1) is 10.1. The summed E-state index contributed by atoms with van der Waals surface area (Å²) in [5.41, 5.74) is 0.431. The van der Waals surface area contributed by atoms with Crippen LogP contribution in [0.4, 0.5) is 11.5 Å². The molecule has 0 amide bonds. The zero-order valence-corrected chi connectivity index (χ0v) is 12.6. The number of ether oxygens (including phenoxy) is 1. The molecule has 0 aliphatic heterocycles. The summed E-state index contributed by atoms with van der Waals surface area (Å²) in [6, 6.07) is 9.82. The van der Waals surface area contributed by atoms with Gasteiger partial charge in [-0.1, -0.05) is 6.07 Å². The molecule has 0 spiro atoms. The lowest BCUT2D eigenvalue weighted by atomic mass is 10.3. The summed E-state index contributed by atoms with van der Waals surface area (Å²) in [6.07, 6.45) is 1.54. The smallest absolute Gasteiger partial charge is 0.265 e. The number of anilines is 2. The molecule has 6 nitrogen and oxygen atoms in total. The van der Waals surface area contributed by atoms with Crippen molar-refractivity contribution in [3.05, 3.63) is 42.6 Å². The van der Waals surface area contributed by atoms with Gasteiger partial charge in [0.2, 0.25) is 0 Å². The van der Waals surface area contributed by atoms with Crippen LogP contribution in [0.5, 0.6) is 5.75 Å². The van der Waals surface area contributed by atoms with Gasteiger partial charge in [-0.15, -0.1) is 0 Å². The second-order valence-electron chi connectivity index (χ2n) is 4.22. The number of nitrogens with zero attached hydrogens (tertiary/aromatic N) is 1. The van der Waals surface area contributed by atoms with E-state index in [9.17, 15) is 8.42 Å². The number of rotatable bonds is 6. The maximum Gasteiger partial charge on any atom is 0.265 e. The van der Waals surface area contributed by atoms with Crippen LogP contribution in [-0.4, -0.2) is 27.1 Å². The Bertz CT molecular complexity index is 717. The predicted octanol–water partition coefficient (Wildman–Crippen LogP) is 2.32. The van der Waals surface area contributed by atoms with E-state index in [1.165, 1.54) is 13.2 Å². The second kappa shape index (κ2) is 6.45. The van der Waals surface area contributed by atoms with Gasteiger partial charge >= 0.3 is 0 Å². The van der Waals surface area contributed by atoms with E-state index in [0.29, 0.717) is 23.8 Å². The summed E-state index contributed by atoms with van der Waals surface area (Å²) in [5.74, 6) is 0.906. The number of hydrogen-bond acceptors (Lipinski definition) is 5. The largest absolute Gasteiger partial charge is 0.497 e. The van der Waals surface area contributed by atoms with Gasteiger partial charge in [-0.05, 0) is 31.2 Å².